The summed E-state index contributed by atoms with van der Waals surface area (Å²) in [4.78, 5) is 4.69. The van der Waals surface area contributed by atoms with E-state index in [1.807, 2.05) is 6.07 Å². The van der Waals surface area contributed by atoms with Crippen LogP contribution in [0.25, 0.3) is 10.2 Å². The SMILES string of the molecule is ClC(Cc1nc2ccccc2s1)C1CC1c1ccccc1. The van der Waals surface area contributed by atoms with Crippen LogP contribution in [0.2, 0.25) is 0 Å². The van der Waals surface area contributed by atoms with E-state index in [0.717, 1.165) is 16.9 Å². The first kappa shape index (κ1) is 13.3. The maximum Gasteiger partial charge on any atom is 0.0953 e. The van der Waals surface area contributed by atoms with Gasteiger partial charge in [0.25, 0.3) is 0 Å². The van der Waals surface area contributed by atoms with Gasteiger partial charge in [-0.3, -0.25) is 0 Å². The smallest absolute Gasteiger partial charge is 0.0953 e. The fourth-order valence-corrected chi connectivity index (χ4v) is 4.57. The average Bonchev–Trinajstić information content (AvgIpc) is 3.22. The van der Waals surface area contributed by atoms with Crippen molar-refractivity contribution in [3.63, 3.8) is 0 Å². The number of aromatic nitrogens is 1. The Bertz CT molecular complexity index is 719. The van der Waals surface area contributed by atoms with E-state index in [1.165, 1.54) is 16.7 Å². The van der Waals surface area contributed by atoms with Crippen LogP contribution < -0.4 is 0 Å². The number of fused-ring (bicyclic) bond motifs is 1. The predicted molar refractivity (Wildman–Crippen MR) is 90.3 cm³/mol. The van der Waals surface area contributed by atoms with Crippen LogP contribution in [-0.4, -0.2) is 10.4 Å². The molecule has 3 heteroatoms. The van der Waals surface area contributed by atoms with Crippen LogP contribution >= 0.6 is 22.9 Å². The van der Waals surface area contributed by atoms with Crippen molar-refractivity contribution in [1.29, 1.82) is 0 Å². The quantitative estimate of drug-likeness (QED) is 0.599. The van der Waals surface area contributed by atoms with E-state index in [0.29, 0.717) is 11.8 Å². The molecule has 0 radical (unpaired) electrons. The monoisotopic (exact) mass is 313 g/mol. The molecule has 21 heavy (non-hydrogen) atoms. The first-order valence-electron chi connectivity index (χ1n) is 7.35. The fraction of sp³-hybridized carbons (Fsp3) is 0.278. The van der Waals surface area contributed by atoms with Gasteiger partial charge in [-0.05, 0) is 36.0 Å². The molecule has 0 aliphatic heterocycles. The van der Waals surface area contributed by atoms with Crippen molar-refractivity contribution >= 4 is 33.2 Å². The Labute approximate surface area is 133 Å². The van der Waals surface area contributed by atoms with Crippen LogP contribution in [0.15, 0.2) is 54.6 Å². The lowest BCUT2D eigenvalue weighted by Crippen LogP contribution is -2.07. The summed E-state index contributed by atoms with van der Waals surface area (Å²) in [5.41, 5.74) is 2.52. The fourth-order valence-electron chi connectivity index (χ4n) is 3.02. The number of nitrogens with zero attached hydrogens (tertiary/aromatic N) is 1. The summed E-state index contributed by atoms with van der Waals surface area (Å²) in [5.74, 6) is 1.24. The van der Waals surface area contributed by atoms with E-state index in [1.54, 1.807) is 11.3 Å². The Morgan fingerprint density at radius 1 is 1.10 bits per heavy atom. The zero-order valence-corrected chi connectivity index (χ0v) is 13.1. The molecule has 0 amide bonds. The Morgan fingerprint density at radius 2 is 1.86 bits per heavy atom. The summed E-state index contributed by atoms with van der Waals surface area (Å²) >= 11 is 8.42. The second-order valence-electron chi connectivity index (χ2n) is 5.71. The normalized spacial score (nSPS) is 22.3. The number of hydrogen-bond donors (Lipinski definition) is 0. The van der Waals surface area contributed by atoms with Crippen LogP contribution in [0.5, 0.6) is 0 Å². The minimum absolute atomic E-state index is 0.191. The third-order valence-corrected chi connectivity index (χ3v) is 5.78. The van der Waals surface area contributed by atoms with Crippen molar-refractivity contribution in [1.82, 2.24) is 4.98 Å². The molecule has 0 bridgehead atoms. The first-order chi connectivity index (χ1) is 10.3. The van der Waals surface area contributed by atoms with Gasteiger partial charge in [0.1, 0.15) is 0 Å². The molecular formula is C18H16ClNS. The minimum atomic E-state index is 0.191. The van der Waals surface area contributed by atoms with E-state index < -0.39 is 0 Å². The van der Waals surface area contributed by atoms with E-state index in [4.69, 9.17) is 16.6 Å². The zero-order chi connectivity index (χ0) is 14.2. The topological polar surface area (TPSA) is 12.9 Å². The Balaban J connectivity index is 1.46. The highest BCUT2D eigenvalue weighted by atomic mass is 35.5. The van der Waals surface area contributed by atoms with Gasteiger partial charge in [-0.2, -0.15) is 0 Å². The van der Waals surface area contributed by atoms with Crippen molar-refractivity contribution in [2.75, 3.05) is 0 Å². The molecule has 1 nitrogen and oxygen atoms in total. The van der Waals surface area contributed by atoms with Gasteiger partial charge in [0.05, 0.1) is 15.2 Å². The number of hydrogen-bond acceptors (Lipinski definition) is 2. The molecule has 3 atom stereocenters. The summed E-state index contributed by atoms with van der Waals surface area (Å²) in [6.07, 6.45) is 2.10. The molecular weight excluding hydrogens is 298 g/mol. The van der Waals surface area contributed by atoms with Gasteiger partial charge < -0.3 is 0 Å². The second-order valence-corrected chi connectivity index (χ2v) is 7.39. The maximum atomic E-state index is 6.65. The van der Waals surface area contributed by atoms with E-state index in [2.05, 4.69) is 48.5 Å². The second kappa shape index (κ2) is 5.43. The number of benzene rings is 2. The molecule has 3 aromatic rings. The number of rotatable bonds is 4. The third kappa shape index (κ3) is 2.70. The van der Waals surface area contributed by atoms with Gasteiger partial charge in [-0.1, -0.05) is 42.5 Å². The van der Waals surface area contributed by atoms with Gasteiger partial charge in [0, 0.05) is 11.8 Å². The zero-order valence-electron chi connectivity index (χ0n) is 11.6. The predicted octanol–water partition coefficient (Wildman–Crippen LogP) is 5.25. The van der Waals surface area contributed by atoms with Crippen molar-refractivity contribution < 1.29 is 0 Å². The Kier molecular flexibility index (Phi) is 3.44. The number of para-hydroxylation sites is 1. The number of alkyl halides is 1. The average molecular weight is 314 g/mol. The minimum Gasteiger partial charge on any atom is -0.241 e. The maximum absolute atomic E-state index is 6.65. The first-order valence-corrected chi connectivity index (χ1v) is 8.60. The summed E-state index contributed by atoms with van der Waals surface area (Å²) in [5, 5.41) is 1.35. The lowest BCUT2D eigenvalue weighted by atomic mass is 10.1. The Hall–Kier alpha value is -1.38. The van der Waals surface area contributed by atoms with Crippen molar-refractivity contribution in [2.24, 2.45) is 5.92 Å². The molecule has 0 spiro atoms. The summed E-state index contributed by atoms with van der Waals surface area (Å²) in [6, 6.07) is 19.0. The standard InChI is InChI=1S/C18H16ClNS/c19-15(14-10-13(14)12-6-2-1-3-7-12)11-18-20-16-8-4-5-9-17(16)21-18/h1-9,13-15H,10-11H2. The van der Waals surface area contributed by atoms with Crippen LogP contribution in [0.1, 0.15) is 22.9 Å². The van der Waals surface area contributed by atoms with Crippen LogP contribution in [-0.2, 0) is 6.42 Å². The molecule has 1 fully saturated rings. The van der Waals surface area contributed by atoms with Crippen LogP contribution in [0.3, 0.4) is 0 Å². The Morgan fingerprint density at radius 3 is 2.67 bits per heavy atom. The summed E-state index contributed by atoms with van der Waals surface area (Å²) < 4.78 is 1.26. The molecule has 2 aromatic carbocycles. The molecule has 0 N–H and O–H groups in total. The highest BCUT2D eigenvalue weighted by Crippen LogP contribution is 2.51. The van der Waals surface area contributed by atoms with Crippen molar-refractivity contribution in [2.45, 2.75) is 24.1 Å². The van der Waals surface area contributed by atoms with E-state index in [9.17, 15) is 0 Å². The van der Waals surface area contributed by atoms with Gasteiger partial charge in [0.2, 0.25) is 0 Å². The summed E-state index contributed by atoms with van der Waals surface area (Å²) in [7, 11) is 0. The molecule has 0 saturated heterocycles. The van der Waals surface area contributed by atoms with Gasteiger partial charge in [-0.15, -0.1) is 22.9 Å². The molecule has 4 rings (SSSR count). The summed E-state index contributed by atoms with van der Waals surface area (Å²) in [6.45, 7) is 0. The van der Waals surface area contributed by atoms with Crippen molar-refractivity contribution in [3.8, 4) is 0 Å². The lowest BCUT2D eigenvalue weighted by Gasteiger charge is -2.07. The van der Waals surface area contributed by atoms with Crippen LogP contribution in [0, 0.1) is 5.92 Å². The van der Waals surface area contributed by atoms with E-state index >= 15 is 0 Å². The largest absolute Gasteiger partial charge is 0.241 e. The van der Waals surface area contributed by atoms with Crippen LogP contribution in [0.4, 0.5) is 0 Å². The highest BCUT2D eigenvalue weighted by Gasteiger charge is 2.43. The molecule has 1 aliphatic rings. The van der Waals surface area contributed by atoms with Gasteiger partial charge >= 0.3 is 0 Å². The molecule has 1 aliphatic carbocycles. The molecule has 106 valence electrons. The molecule has 1 heterocycles. The number of thiazole rings is 1. The molecule has 1 saturated carbocycles. The third-order valence-electron chi connectivity index (χ3n) is 4.24. The molecule has 1 aromatic heterocycles. The van der Waals surface area contributed by atoms with Gasteiger partial charge in [-0.25, -0.2) is 4.98 Å². The highest BCUT2D eigenvalue weighted by molar-refractivity contribution is 7.18. The van der Waals surface area contributed by atoms with Crippen molar-refractivity contribution in [3.05, 3.63) is 65.2 Å². The molecule has 3 unspecified atom stereocenters. The lowest BCUT2D eigenvalue weighted by molar-refractivity contribution is 0.712. The number of halogens is 1. The van der Waals surface area contributed by atoms with Gasteiger partial charge in [0.15, 0.2) is 0 Å². The van der Waals surface area contributed by atoms with E-state index in [-0.39, 0.29) is 5.38 Å².